The van der Waals surface area contributed by atoms with Crippen LogP contribution in [0.5, 0.6) is 0 Å². The predicted octanol–water partition coefficient (Wildman–Crippen LogP) is -0.139. The molecule has 0 aliphatic carbocycles. The molecule has 0 unspecified atom stereocenters. The van der Waals surface area contributed by atoms with E-state index >= 15 is 0 Å². The second-order valence-corrected chi connectivity index (χ2v) is 2.35. The van der Waals surface area contributed by atoms with Gasteiger partial charge in [-0.3, -0.25) is 0 Å². The number of carbonyl (C=O) groups excluding carboxylic acids is 1. The number of halogens is 2. The fourth-order valence-electron chi connectivity index (χ4n) is 0.161. The van der Waals surface area contributed by atoms with Gasteiger partial charge in [-0.25, -0.2) is 0 Å². The number of rotatable bonds is 2. The van der Waals surface area contributed by atoms with Crippen molar-refractivity contribution >= 4 is 5.97 Å². The molecule has 0 spiro atoms. The monoisotopic (exact) mass is 342 g/mol. The Kier molecular flexibility index (Phi) is 3.07. The average Bonchev–Trinajstić information content (AvgIpc) is 1.86. The molecule has 10 heavy (non-hydrogen) atoms. The number of hydrogen-bond donors (Lipinski definition) is 0. The van der Waals surface area contributed by atoms with E-state index in [9.17, 15) is 23.7 Å². The first-order chi connectivity index (χ1) is 4.42. The van der Waals surface area contributed by atoms with Gasteiger partial charge in [-0.05, 0) is 0 Å². The maximum atomic E-state index is 11.8. The summed E-state index contributed by atoms with van der Waals surface area (Å²) in [5.41, 5.74) is 0. The second kappa shape index (κ2) is 3.17. The Morgan fingerprint density at radius 1 is 1.70 bits per heavy atom. The Hall–Kier alpha value is -0.335. The van der Waals surface area contributed by atoms with E-state index < -0.39 is 43.5 Å². The molecule has 0 bridgehead atoms. The van der Waals surface area contributed by atoms with Crippen LogP contribution in [0.1, 0.15) is 0 Å². The van der Waals surface area contributed by atoms with Gasteiger partial charge >= 0.3 is 69.9 Å². The molecule has 0 N–H and O–H groups in total. The van der Waals surface area contributed by atoms with Crippen LogP contribution in [0.3, 0.4) is 0 Å². The van der Waals surface area contributed by atoms with Crippen LogP contribution in [0.15, 0.2) is 0 Å². The van der Waals surface area contributed by atoms with Gasteiger partial charge in [0.1, 0.15) is 0 Å². The van der Waals surface area contributed by atoms with E-state index in [1.807, 2.05) is 0 Å². The number of nitro groups is 1. The molecular weight excluding hydrogens is 341 g/mol. The minimum absolute atomic E-state index is 0.654. The molecule has 0 amide bonds. The topological polar surface area (TPSA) is 69.4 Å². The normalized spacial score (nSPS) is 10.8. The zero-order valence-electron chi connectivity index (χ0n) is 4.54. The first kappa shape index (κ1) is 9.67. The Morgan fingerprint density at radius 2 is 2.10 bits per heavy atom. The zero-order valence-corrected chi connectivity index (χ0v) is 10.0. The molecule has 0 radical (unpaired) electrons. The van der Waals surface area contributed by atoms with Crippen LogP contribution >= 0.6 is 0 Å². The van der Waals surface area contributed by atoms with Crippen LogP contribution < -0.4 is 0 Å². The Bertz CT molecular complexity index is 171. The summed E-state index contributed by atoms with van der Waals surface area (Å²) in [6, 6.07) is -4.58. The second-order valence-electron chi connectivity index (χ2n) is 1.23. The van der Waals surface area contributed by atoms with Gasteiger partial charge in [0.15, 0.2) is 0 Å². The van der Waals surface area contributed by atoms with Crippen LogP contribution in [-0.4, -0.2) is 16.9 Å². The molecule has 0 rings (SSSR count). The van der Waals surface area contributed by atoms with E-state index in [1.165, 1.54) is 0 Å². The number of carbonyl (C=O) groups is 1. The fourth-order valence-corrected chi connectivity index (χ4v) is 0.836. The first-order valence-corrected chi connectivity index (χ1v) is 4.16. The van der Waals surface area contributed by atoms with Gasteiger partial charge < -0.3 is 0 Å². The van der Waals surface area contributed by atoms with E-state index in [4.69, 9.17) is 0 Å². The van der Waals surface area contributed by atoms with Crippen molar-refractivity contribution < 1.29 is 47.7 Å². The average molecular weight is 341 g/mol. The van der Waals surface area contributed by atoms with Gasteiger partial charge in [-0.15, -0.1) is 0 Å². The molecular formula is C2F2HgNO4. The SMILES string of the molecule is O=C([O][Hg])C(F)(F)[N+](=O)[O-]. The zero-order chi connectivity index (χ0) is 8.36. The van der Waals surface area contributed by atoms with Crippen LogP contribution in [0, 0.1) is 10.1 Å². The first-order valence-electron chi connectivity index (χ1n) is 1.91. The van der Waals surface area contributed by atoms with Crippen molar-refractivity contribution in [1.29, 1.82) is 0 Å². The molecule has 0 saturated carbocycles. The van der Waals surface area contributed by atoms with Gasteiger partial charge in [0.2, 0.25) is 0 Å². The summed E-state index contributed by atoms with van der Waals surface area (Å²) >= 11 is -0.654. The van der Waals surface area contributed by atoms with Gasteiger partial charge in [-0.1, -0.05) is 0 Å². The van der Waals surface area contributed by atoms with Crippen molar-refractivity contribution in [1.82, 2.24) is 0 Å². The van der Waals surface area contributed by atoms with Crippen molar-refractivity contribution in [3.63, 3.8) is 0 Å². The molecule has 0 aromatic heterocycles. The van der Waals surface area contributed by atoms with E-state index in [1.54, 1.807) is 0 Å². The Balaban J connectivity index is 4.40. The van der Waals surface area contributed by atoms with Gasteiger partial charge in [0, 0.05) is 0 Å². The molecule has 0 fully saturated rings. The van der Waals surface area contributed by atoms with Crippen LogP contribution in [0.2, 0.25) is 0 Å². The summed E-state index contributed by atoms with van der Waals surface area (Å²) in [7, 11) is 0. The van der Waals surface area contributed by atoms with Crippen molar-refractivity contribution in [2.45, 2.75) is 6.05 Å². The fraction of sp³-hybridized carbons (Fsp3) is 0.500. The molecule has 0 heterocycles. The van der Waals surface area contributed by atoms with Crippen molar-refractivity contribution in [3.8, 4) is 0 Å². The third-order valence-corrected chi connectivity index (χ3v) is 1.63. The van der Waals surface area contributed by atoms with Crippen LogP contribution in [-0.2, 0) is 34.0 Å². The standard InChI is InChI=1S/C2HF2NO4.Hg/c3-2(4,1(6)7)5(8)9;/h(H,6,7);/q;+1/p-1. The summed E-state index contributed by atoms with van der Waals surface area (Å²) in [5.74, 6) is -2.08. The number of nitrogens with zero attached hydrogens (tertiary/aromatic N) is 1. The summed E-state index contributed by atoms with van der Waals surface area (Å²) in [5, 5.41) is 9.40. The quantitative estimate of drug-likeness (QED) is 0.304. The molecule has 5 nitrogen and oxygen atoms in total. The molecule has 53 valence electrons. The molecule has 0 aromatic rings. The van der Waals surface area contributed by atoms with Crippen LogP contribution in [0.25, 0.3) is 0 Å². The predicted molar refractivity (Wildman–Crippen MR) is 18.0 cm³/mol. The van der Waals surface area contributed by atoms with E-state index in [0.717, 1.165) is 0 Å². The van der Waals surface area contributed by atoms with E-state index in [2.05, 4.69) is 2.64 Å². The molecule has 0 aromatic carbocycles. The minimum atomic E-state index is -4.58. The van der Waals surface area contributed by atoms with Crippen molar-refractivity contribution in [2.24, 2.45) is 0 Å². The van der Waals surface area contributed by atoms with Crippen molar-refractivity contribution in [3.05, 3.63) is 10.1 Å². The third-order valence-electron chi connectivity index (χ3n) is 0.606. The molecule has 0 aliphatic heterocycles. The molecule has 0 saturated heterocycles. The summed E-state index contributed by atoms with van der Waals surface area (Å²) < 4.78 is 27.2. The van der Waals surface area contributed by atoms with Gasteiger partial charge in [0.25, 0.3) is 0 Å². The molecule has 0 atom stereocenters. The summed E-state index contributed by atoms with van der Waals surface area (Å²) in [6.07, 6.45) is 0. The summed E-state index contributed by atoms with van der Waals surface area (Å²) in [4.78, 5) is 17.3. The Labute approximate surface area is 70.1 Å². The van der Waals surface area contributed by atoms with Crippen LogP contribution in [0.4, 0.5) is 8.78 Å². The molecule has 0 aliphatic rings. The van der Waals surface area contributed by atoms with Gasteiger partial charge in [-0.2, -0.15) is 0 Å². The van der Waals surface area contributed by atoms with E-state index in [0.29, 0.717) is 0 Å². The third kappa shape index (κ3) is 1.82. The van der Waals surface area contributed by atoms with Gasteiger partial charge in [0.05, 0.1) is 0 Å². The summed E-state index contributed by atoms with van der Waals surface area (Å²) in [6.45, 7) is 0. The van der Waals surface area contributed by atoms with Crippen molar-refractivity contribution in [2.75, 3.05) is 0 Å². The number of alkyl halides is 2. The molecule has 8 heteroatoms. The van der Waals surface area contributed by atoms with E-state index in [-0.39, 0.29) is 0 Å². The number of hydrogen-bond acceptors (Lipinski definition) is 4. The maximum absolute atomic E-state index is 11.8. The Morgan fingerprint density at radius 3 is 2.20 bits per heavy atom.